The Bertz CT molecular complexity index is 514. The molecule has 0 saturated carbocycles. The molecule has 0 saturated heterocycles. The highest BCUT2D eigenvalue weighted by molar-refractivity contribution is 9.10. The molecule has 0 fully saturated rings. The second-order valence-electron chi connectivity index (χ2n) is 3.29. The lowest BCUT2D eigenvalue weighted by Crippen LogP contribution is -2.26. The van der Waals surface area contributed by atoms with Crippen molar-refractivity contribution in [3.8, 4) is 0 Å². The predicted octanol–water partition coefficient (Wildman–Crippen LogP) is 1.79. The first kappa shape index (κ1) is 13.4. The van der Waals surface area contributed by atoms with Crippen LogP contribution in [0.2, 0.25) is 0 Å². The number of hydrogen-bond acceptors (Lipinski definition) is 3. The van der Waals surface area contributed by atoms with E-state index in [1.54, 1.807) is 18.2 Å². The monoisotopic (exact) mass is 322 g/mol. The maximum absolute atomic E-state index is 11.5. The molecule has 0 aliphatic rings. The highest BCUT2D eigenvalue weighted by atomic mass is 79.9. The molecule has 0 aliphatic heterocycles. The zero-order chi connectivity index (χ0) is 12.3. The van der Waals surface area contributed by atoms with Crippen molar-refractivity contribution in [2.24, 2.45) is 5.73 Å². The van der Waals surface area contributed by atoms with Gasteiger partial charge in [0.1, 0.15) is 5.75 Å². The third kappa shape index (κ3) is 4.07. The molecule has 0 radical (unpaired) electrons. The summed E-state index contributed by atoms with van der Waals surface area (Å²) in [6.07, 6.45) is 0. The van der Waals surface area contributed by atoms with Crippen LogP contribution < -0.4 is 10.5 Å². The Morgan fingerprint density at radius 2 is 2.19 bits per heavy atom. The van der Waals surface area contributed by atoms with Gasteiger partial charge < -0.3 is 5.73 Å². The van der Waals surface area contributed by atoms with Gasteiger partial charge in [0, 0.05) is 10.2 Å². The zero-order valence-electron chi connectivity index (χ0n) is 8.53. The summed E-state index contributed by atoms with van der Waals surface area (Å²) < 4.78 is 26.4. The first-order chi connectivity index (χ1) is 7.30. The van der Waals surface area contributed by atoms with Gasteiger partial charge in [0.25, 0.3) is 0 Å². The van der Waals surface area contributed by atoms with Crippen LogP contribution in [-0.4, -0.2) is 19.2 Å². The van der Waals surface area contributed by atoms with Gasteiger partial charge in [-0.05, 0) is 30.7 Å². The smallest absolute Gasteiger partial charge is 0.239 e. The van der Waals surface area contributed by atoms with Gasteiger partial charge in [0.2, 0.25) is 10.0 Å². The van der Waals surface area contributed by atoms with E-state index >= 15 is 0 Å². The molecule has 0 amide bonds. The molecule has 1 rings (SSSR count). The quantitative estimate of drug-likeness (QED) is 0.829. The predicted molar refractivity (Wildman–Crippen MR) is 73.1 cm³/mol. The number of rotatable bonds is 4. The first-order valence-electron chi connectivity index (χ1n) is 4.35. The maximum atomic E-state index is 11.5. The van der Waals surface area contributed by atoms with E-state index < -0.39 is 10.0 Å². The molecule has 4 nitrogen and oxygen atoms in total. The summed E-state index contributed by atoms with van der Waals surface area (Å²) in [6.45, 7) is 1.87. The Morgan fingerprint density at radius 1 is 1.56 bits per heavy atom. The van der Waals surface area contributed by atoms with Gasteiger partial charge in [-0.15, -0.1) is 0 Å². The average Bonchev–Trinajstić information content (AvgIpc) is 2.08. The van der Waals surface area contributed by atoms with Crippen LogP contribution in [0.4, 0.5) is 5.69 Å². The van der Waals surface area contributed by atoms with Gasteiger partial charge in [-0.1, -0.05) is 28.1 Å². The van der Waals surface area contributed by atoms with Crippen LogP contribution in [0.25, 0.3) is 0 Å². The molecule has 0 heterocycles. The van der Waals surface area contributed by atoms with Gasteiger partial charge in [0.05, 0.1) is 4.99 Å². The number of halogens is 1. The standard InChI is InChI=1S/C9H11BrN2O2S2/c1-6-4-7(2-3-8(6)10)12-16(13,14)5-9(11)15/h2-4,12H,5H2,1H3,(H2,11,15). The second kappa shape index (κ2) is 5.11. The summed E-state index contributed by atoms with van der Waals surface area (Å²) in [5, 5.41) is 0. The molecule has 1 aromatic rings. The number of hydrogen-bond donors (Lipinski definition) is 2. The fourth-order valence-electron chi connectivity index (χ4n) is 1.11. The Labute approximate surface area is 108 Å². The van der Waals surface area contributed by atoms with Crippen molar-refractivity contribution in [3.05, 3.63) is 28.2 Å². The van der Waals surface area contributed by atoms with E-state index in [1.165, 1.54) is 0 Å². The Kier molecular flexibility index (Phi) is 4.28. The Hall–Kier alpha value is -0.660. The summed E-state index contributed by atoms with van der Waals surface area (Å²) in [5.41, 5.74) is 6.63. The third-order valence-electron chi connectivity index (χ3n) is 1.76. The van der Waals surface area contributed by atoms with E-state index in [9.17, 15) is 8.42 Å². The minimum atomic E-state index is -3.50. The molecule has 3 N–H and O–H groups in total. The number of aryl methyl sites for hydroxylation is 1. The summed E-state index contributed by atoms with van der Waals surface area (Å²) in [7, 11) is -3.50. The summed E-state index contributed by atoms with van der Waals surface area (Å²) in [5.74, 6) is -0.350. The first-order valence-corrected chi connectivity index (χ1v) is 7.20. The topological polar surface area (TPSA) is 72.2 Å². The molecule has 0 unspecified atom stereocenters. The van der Waals surface area contributed by atoms with E-state index in [1.807, 2.05) is 6.92 Å². The number of anilines is 1. The minimum absolute atomic E-state index is 0.0543. The Balaban J connectivity index is 2.88. The van der Waals surface area contributed by atoms with Gasteiger partial charge in [-0.25, -0.2) is 8.42 Å². The van der Waals surface area contributed by atoms with Crippen LogP contribution in [-0.2, 0) is 10.0 Å². The van der Waals surface area contributed by atoms with E-state index in [0.29, 0.717) is 5.69 Å². The lowest BCUT2D eigenvalue weighted by molar-refractivity contribution is 0.605. The molecular formula is C9H11BrN2O2S2. The van der Waals surface area contributed by atoms with Gasteiger partial charge in [-0.3, -0.25) is 4.72 Å². The largest absolute Gasteiger partial charge is 0.392 e. The highest BCUT2D eigenvalue weighted by Gasteiger charge is 2.12. The highest BCUT2D eigenvalue weighted by Crippen LogP contribution is 2.20. The van der Waals surface area contributed by atoms with Crippen molar-refractivity contribution in [1.82, 2.24) is 0 Å². The van der Waals surface area contributed by atoms with Crippen molar-refractivity contribution in [3.63, 3.8) is 0 Å². The van der Waals surface area contributed by atoms with Crippen LogP contribution in [0.3, 0.4) is 0 Å². The molecule has 0 atom stereocenters. The van der Waals surface area contributed by atoms with Crippen molar-refractivity contribution in [1.29, 1.82) is 0 Å². The van der Waals surface area contributed by atoms with Crippen molar-refractivity contribution < 1.29 is 8.42 Å². The zero-order valence-corrected chi connectivity index (χ0v) is 11.7. The number of thiocarbonyl (C=S) groups is 1. The summed E-state index contributed by atoms with van der Waals surface area (Å²) >= 11 is 7.89. The van der Waals surface area contributed by atoms with E-state index in [-0.39, 0.29) is 10.7 Å². The molecular weight excluding hydrogens is 312 g/mol. The van der Waals surface area contributed by atoms with E-state index in [0.717, 1.165) is 10.0 Å². The number of nitrogens with one attached hydrogen (secondary N) is 1. The fraction of sp³-hybridized carbons (Fsp3) is 0.222. The number of nitrogens with two attached hydrogens (primary N) is 1. The third-order valence-corrected chi connectivity index (χ3v) is 4.22. The van der Waals surface area contributed by atoms with Crippen LogP contribution in [0.15, 0.2) is 22.7 Å². The summed E-state index contributed by atoms with van der Waals surface area (Å²) in [6, 6.07) is 5.16. The van der Waals surface area contributed by atoms with Gasteiger partial charge >= 0.3 is 0 Å². The molecule has 1 aromatic carbocycles. The lowest BCUT2D eigenvalue weighted by Gasteiger charge is -2.08. The molecule has 16 heavy (non-hydrogen) atoms. The van der Waals surface area contributed by atoms with Crippen LogP contribution >= 0.6 is 28.1 Å². The number of benzene rings is 1. The van der Waals surface area contributed by atoms with Gasteiger partial charge in [0.15, 0.2) is 0 Å². The average molecular weight is 323 g/mol. The fourth-order valence-corrected chi connectivity index (χ4v) is 2.76. The maximum Gasteiger partial charge on any atom is 0.239 e. The molecule has 88 valence electrons. The molecule has 0 spiro atoms. The van der Waals surface area contributed by atoms with Crippen molar-refractivity contribution in [2.75, 3.05) is 10.5 Å². The minimum Gasteiger partial charge on any atom is -0.392 e. The van der Waals surface area contributed by atoms with Gasteiger partial charge in [-0.2, -0.15) is 0 Å². The lowest BCUT2D eigenvalue weighted by atomic mass is 10.2. The molecule has 0 aliphatic carbocycles. The number of sulfonamides is 1. The molecule has 0 aromatic heterocycles. The Morgan fingerprint density at radius 3 is 2.69 bits per heavy atom. The second-order valence-corrected chi connectivity index (χ2v) is 6.39. The molecule has 0 bridgehead atoms. The van der Waals surface area contributed by atoms with E-state index in [4.69, 9.17) is 5.73 Å². The van der Waals surface area contributed by atoms with Crippen LogP contribution in [0, 0.1) is 6.92 Å². The normalized spacial score (nSPS) is 11.1. The molecule has 7 heteroatoms. The van der Waals surface area contributed by atoms with Crippen LogP contribution in [0.5, 0.6) is 0 Å². The van der Waals surface area contributed by atoms with Crippen molar-refractivity contribution in [2.45, 2.75) is 6.92 Å². The SMILES string of the molecule is Cc1cc(NS(=O)(=O)CC(N)=S)ccc1Br. The van der Waals surface area contributed by atoms with Crippen molar-refractivity contribution >= 4 is 48.8 Å². The van der Waals surface area contributed by atoms with Crippen LogP contribution in [0.1, 0.15) is 5.56 Å². The summed E-state index contributed by atoms with van der Waals surface area (Å²) in [4.78, 5) is -0.0543. The van der Waals surface area contributed by atoms with E-state index in [2.05, 4.69) is 32.9 Å².